The van der Waals surface area contributed by atoms with Crippen molar-refractivity contribution in [2.24, 2.45) is 0 Å². The van der Waals surface area contributed by atoms with E-state index in [0.29, 0.717) is 10.8 Å². The molecule has 0 unspecified atom stereocenters. The van der Waals surface area contributed by atoms with Crippen LogP contribution in [0, 0.1) is 0 Å². The Bertz CT molecular complexity index is 734. The number of nitrogens with zero attached hydrogens (tertiary/aromatic N) is 2. The topological polar surface area (TPSA) is 80.9 Å². The van der Waals surface area contributed by atoms with Crippen LogP contribution in [0.25, 0.3) is 10.2 Å². The number of anilines is 2. The first-order chi connectivity index (χ1) is 9.20. The third kappa shape index (κ3) is 2.72. The highest BCUT2D eigenvalue weighted by atomic mass is 32.1. The van der Waals surface area contributed by atoms with E-state index >= 15 is 0 Å². The molecule has 3 N–H and O–H groups in total. The maximum atomic E-state index is 11.9. The summed E-state index contributed by atoms with van der Waals surface area (Å²) in [6.07, 6.45) is 0.231. The van der Waals surface area contributed by atoms with Crippen LogP contribution < -0.4 is 11.1 Å². The van der Waals surface area contributed by atoms with Crippen LogP contribution >= 0.6 is 22.7 Å². The number of benzene rings is 1. The Kier molecular flexibility index (Phi) is 3.14. The number of hydrogen-bond acceptors (Lipinski definition) is 6. The Morgan fingerprint density at radius 1 is 1.37 bits per heavy atom. The molecule has 96 valence electrons. The maximum Gasteiger partial charge on any atom is 0.230 e. The van der Waals surface area contributed by atoms with Gasteiger partial charge in [-0.2, -0.15) is 0 Å². The highest BCUT2D eigenvalue weighted by Crippen LogP contribution is 2.22. The second kappa shape index (κ2) is 4.94. The van der Waals surface area contributed by atoms with Gasteiger partial charge in [-0.1, -0.05) is 0 Å². The van der Waals surface area contributed by atoms with Crippen LogP contribution in [0.3, 0.4) is 0 Å². The van der Waals surface area contributed by atoms with Gasteiger partial charge in [0, 0.05) is 11.1 Å². The van der Waals surface area contributed by atoms with Crippen molar-refractivity contribution in [3.8, 4) is 0 Å². The van der Waals surface area contributed by atoms with Crippen molar-refractivity contribution in [3.05, 3.63) is 34.8 Å². The average Bonchev–Trinajstić information content (AvgIpc) is 2.97. The molecule has 2 heterocycles. The monoisotopic (exact) mass is 290 g/mol. The minimum absolute atomic E-state index is 0.103. The largest absolute Gasteiger partial charge is 0.375 e. The molecular weight excluding hydrogens is 280 g/mol. The Balaban J connectivity index is 1.71. The van der Waals surface area contributed by atoms with Crippen LogP contribution in [-0.4, -0.2) is 15.9 Å². The van der Waals surface area contributed by atoms with Gasteiger partial charge < -0.3 is 11.1 Å². The first-order valence-corrected chi connectivity index (χ1v) is 7.29. The van der Waals surface area contributed by atoms with Crippen molar-refractivity contribution in [2.75, 3.05) is 11.1 Å². The van der Waals surface area contributed by atoms with E-state index in [2.05, 4.69) is 15.3 Å². The van der Waals surface area contributed by atoms with Gasteiger partial charge in [0.15, 0.2) is 5.13 Å². The second-order valence-corrected chi connectivity index (χ2v) is 5.71. The molecule has 0 atom stereocenters. The number of amides is 1. The minimum Gasteiger partial charge on any atom is -0.375 e. The van der Waals surface area contributed by atoms with Crippen LogP contribution in [0.1, 0.15) is 5.69 Å². The molecule has 0 radical (unpaired) electrons. The lowest BCUT2D eigenvalue weighted by Crippen LogP contribution is -2.14. The molecule has 0 bridgehead atoms. The normalized spacial score (nSPS) is 10.7. The Morgan fingerprint density at radius 3 is 3.05 bits per heavy atom. The summed E-state index contributed by atoms with van der Waals surface area (Å²) in [5.74, 6) is -0.103. The molecule has 1 amide bonds. The molecule has 7 heteroatoms. The van der Waals surface area contributed by atoms with E-state index in [1.165, 1.54) is 11.3 Å². The van der Waals surface area contributed by atoms with Crippen molar-refractivity contribution >= 4 is 49.6 Å². The number of aromatic nitrogens is 2. The predicted octanol–water partition coefficient (Wildman–Crippen LogP) is 2.52. The lowest BCUT2D eigenvalue weighted by Gasteiger charge is -2.03. The molecule has 0 saturated heterocycles. The lowest BCUT2D eigenvalue weighted by atomic mass is 10.2. The van der Waals surface area contributed by atoms with Gasteiger partial charge in [0.1, 0.15) is 0 Å². The van der Waals surface area contributed by atoms with Gasteiger partial charge in [0.2, 0.25) is 5.91 Å². The van der Waals surface area contributed by atoms with Gasteiger partial charge in [-0.15, -0.1) is 22.7 Å². The zero-order valence-corrected chi connectivity index (χ0v) is 11.4. The van der Waals surface area contributed by atoms with E-state index < -0.39 is 0 Å². The van der Waals surface area contributed by atoms with Gasteiger partial charge in [-0.3, -0.25) is 4.79 Å². The molecule has 3 aromatic rings. The molecule has 19 heavy (non-hydrogen) atoms. The third-order valence-corrected chi connectivity index (χ3v) is 4.04. The van der Waals surface area contributed by atoms with Crippen molar-refractivity contribution < 1.29 is 4.79 Å². The predicted molar refractivity (Wildman–Crippen MR) is 78.5 cm³/mol. The molecule has 2 aromatic heterocycles. The standard InChI is InChI=1S/C12H10N4OS2/c13-12-16-8(5-18-12)4-11(17)15-7-1-2-9-10(3-7)19-6-14-9/h1-3,5-6H,4H2,(H2,13,16)(H,15,17). The molecule has 0 saturated carbocycles. The van der Waals surface area contributed by atoms with Crippen LogP contribution in [-0.2, 0) is 11.2 Å². The van der Waals surface area contributed by atoms with Crippen molar-refractivity contribution in [3.63, 3.8) is 0 Å². The summed E-state index contributed by atoms with van der Waals surface area (Å²) in [7, 11) is 0. The molecule has 0 aliphatic rings. The summed E-state index contributed by atoms with van der Waals surface area (Å²) in [5.41, 5.74) is 9.72. The Labute approximate surface area is 117 Å². The smallest absolute Gasteiger partial charge is 0.230 e. The molecule has 1 aromatic carbocycles. The zero-order chi connectivity index (χ0) is 13.2. The summed E-state index contributed by atoms with van der Waals surface area (Å²) in [6, 6.07) is 5.65. The van der Waals surface area contributed by atoms with Gasteiger partial charge in [-0.25, -0.2) is 9.97 Å². The van der Waals surface area contributed by atoms with Crippen LogP contribution in [0.15, 0.2) is 29.1 Å². The van der Waals surface area contributed by atoms with E-state index in [1.54, 1.807) is 22.2 Å². The lowest BCUT2D eigenvalue weighted by molar-refractivity contribution is -0.115. The fourth-order valence-electron chi connectivity index (χ4n) is 1.71. The molecule has 3 rings (SSSR count). The summed E-state index contributed by atoms with van der Waals surface area (Å²) in [6.45, 7) is 0. The van der Waals surface area contributed by atoms with Crippen LogP contribution in [0.5, 0.6) is 0 Å². The number of hydrogen-bond donors (Lipinski definition) is 2. The van der Waals surface area contributed by atoms with E-state index in [1.807, 2.05) is 18.2 Å². The first-order valence-electron chi connectivity index (χ1n) is 5.54. The molecular formula is C12H10N4OS2. The molecule has 0 fully saturated rings. The second-order valence-electron chi connectivity index (χ2n) is 3.94. The summed E-state index contributed by atoms with van der Waals surface area (Å²) < 4.78 is 1.05. The number of nitrogens with one attached hydrogen (secondary N) is 1. The number of rotatable bonds is 3. The third-order valence-electron chi connectivity index (χ3n) is 2.53. The first kappa shape index (κ1) is 12.1. The number of carbonyl (C=O) groups is 1. The zero-order valence-electron chi connectivity index (χ0n) is 9.79. The minimum atomic E-state index is -0.103. The average molecular weight is 290 g/mol. The van der Waals surface area contributed by atoms with Crippen molar-refractivity contribution in [2.45, 2.75) is 6.42 Å². The quantitative estimate of drug-likeness (QED) is 0.776. The highest BCUT2D eigenvalue weighted by molar-refractivity contribution is 7.16. The number of nitrogen functional groups attached to an aromatic ring is 1. The number of fused-ring (bicyclic) bond motifs is 1. The van der Waals surface area contributed by atoms with Crippen LogP contribution in [0.2, 0.25) is 0 Å². The molecule has 0 aliphatic heterocycles. The number of carbonyl (C=O) groups excluding carboxylic acids is 1. The summed E-state index contributed by atoms with van der Waals surface area (Å²) in [5, 5.41) is 5.12. The fraction of sp³-hybridized carbons (Fsp3) is 0.0833. The van der Waals surface area contributed by atoms with E-state index in [4.69, 9.17) is 5.73 Å². The highest BCUT2D eigenvalue weighted by Gasteiger charge is 2.08. The Hall–Kier alpha value is -1.99. The molecule has 5 nitrogen and oxygen atoms in total. The van der Waals surface area contributed by atoms with Crippen molar-refractivity contribution in [1.29, 1.82) is 0 Å². The van der Waals surface area contributed by atoms with Gasteiger partial charge >= 0.3 is 0 Å². The van der Waals surface area contributed by atoms with Gasteiger partial charge in [0.05, 0.1) is 27.8 Å². The van der Waals surface area contributed by atoms with Crippen molar-refractivity contribution in [1.82, 2.24) is 9.97 Å². The number of nitrogens with two attached hydrogens (primary N) is 1. The summed E-state index contributed by atoms with van der Waals surface area (Å²) >= 11 is 2.88. The van der Waals surface area contributed by atoms with Gasteiger partial charge in [-0.05, 0) is 18.2 Å². The Morgan fingerprint density at radius 2 is 2.26 bits per heavy atom. The van der Waals surface area contributed by atoms with E-state index in [-0.39, 0.29) is 12.3 Å². The molecule has 0 spiro atoms. The summed E-state index contributed by atoms with van der Waals surface area (Å²) in [4.78, 5) is 20.1. The van der Waals surface area contributed by atoms with E-state index in [0.717, 1.165) is 15.9 Å². The number of thiazole rings is 2. The fourth-order valence-corrected chi connectivity index (χ4v) is 2.99. The molecule has 0 aliphatic carbocycles. The van der Waals surface area contributed by atoms with Crippen LogP contribution in [0.4, 0.5) is 10.8 Å². The van der Waals surface area contributed by atoms with E-state index in [9.17, 15) is 4.79 Å². The van der Waals surface area contributed by atoms with Gasteiger partial charge in [0.25, 0.3) is 0 Å². The maximum absolute atomic E-state index is 11.9. The SMILES string of the molecule is Nc1nc(CC(=O)Nc2ccc3ncsc3c2)cs1.